The molecule has 0 atom stereocenters. The van der Waals surface area contributed by atoms with Crippen LogP contribution in [0.3, 0.4) is 0 Å². The van der Waals surface area contributed by atoms with Gasteiger partial charge in [-0.1, -0.05) is 13.8 Å². The molecule has 6 heteroatoms. The molecule has 2 N–H and O–H groups in total. The molecule has 1 rings (SSSR count). The fourth-order valence-electron chi connectivity index (χ4n) is 2.63. The SMILES string of the molecule is CCNC(=NCCN1CCCN(C)CC1)NCCOCCC(C)C. The summed E-state index contributed by atoms with van der Waals surface area (Å²) in [6.07, 6.45) is 2.38. The summed E-state index contributed by atoms with van der Waals surface area (Å²) in [6.45, 7) is 16.4. The van der Waals surface area contributed by atoms with Gasteiger partial charge in [-0.05, 0) is 45.8 Å². The van der Waals surface area contributed by atoms with Gasteiger partial charge < -0.3 is 25.2 Å². The molecule has 1 saturated heterocycles. The van der Waals surface area contributed by atoms with E-state index in [1.807, 2.05) is 0 Å². The zero-order valence-corrected chi connectivity index (χ0v) is 16.3. The van der Waals surface area contributed by atoms with E-state index in [4.69, 9.17) is 4.74 Å². The van der Waals surface area contributed by atoms with E-state index in [1.54, 1.807) is 0 Å². The summed E-state index contributed by atoms with van der Waals surface area (Å²) in [4.78, 5) is 9.62. The average Bonchev–Trinajstić information content (AvgIpc) is 2.75. The molecule has 0 spiro atoms. The van der Waals surface area contributed by atoms with Crippen LogP contribution in [0, 0.1) is 5.92 Å². The van der Waals surface area contributed by atoms with Crippen molar-refractivity contribution in [3.05, 3.63) is 0 Å². The molecule has 1 aliphatic heterocycles. The zero-order chi connectivity index (χ0) is 17.6. The van der Waals surface area contributed by atoms with Crippen LogP contribution in [0.4, 0.5) is 0 Å². The second-order valence-electron chi connectivity index (χ2n) is 6.98. The van der Waals surface area contributed by atoms with E-state index in [0.29, 0.717) is 5.92 Å². The Morgan fingerprint density at radius 3 is 2.71 bits per heavy atom. The number of hydrogen-bond donors (Lipinski definition) is 2. The van der Waals surface area contributed by atoms with Crippen LogP contribution in [0.25, 0.3) is 0 Å². The summed E-state index contributed by atoms with van der Waals surface area (Å²) >= 11 is 0. The molecule has 1 heterocycles. The average molecular weight is 342 g/mol. The van der Waals surface area contributed by atoms with Crippen LogP contribution >= 0.6 is 0 Å². The summed E-state index contributed by atoms with van der Waals surface area (Å²) in [6, 6.07) is 0. The number of guanidine groups is 1. The van der Waals surface area contributed by atoms with E-state index in [9.17, 15) is 0 Å². The predicted molar refractivity (Wildman–Crippen MR) is 103 cm³/mol. The second-order valence-corrected chi connectivity index (χ2v) is 6.98. The highest BCUT2D eigenvalue weighted by molar-refractivity contribution is 5.79. The normalized spacial score (nSPS) is 18.0. The Balaban J connectivity index is 2.19. The summed E-state index contributed by atoms with van der Waals surface area (Å²) in [5.74, 6) is 1.60. The summed E-state index contributed by atoms with van der Waals surface area (Å²) < 4.78 is 5.64. The third kappa shape index (κ3) is 10.8. The molecule has 0 unspecified atom stereocenters. The van der Waals surface area contributed by atoms with Gasteiger partial charge in [0.25, 0.3) is 0 Å². The highest BCUT2D eigenvalue weighted by Crippen LogP contribution is 2.00. The van der Waals surface area contributed by atoms with E-state index < -0.39 is 0 Å². The highest BCUT2D eigenvalue weighted by Gasteiger charge is 2.11. The van der Waals surface area contributed by atoms with Crippen LogP contribution in [0.5, 0.6) is 0 Å². The Labute approximate surface area is 149 Å². The lowest BCUT2D eigenvalue weighted by atomic mass is 10.1. The van der Waals surface area contributed by atoms with Crippen molar-refractivity contribution in [1.82, 2.24) is 20.4 Å². The van der Waals surface area contributed by atoms with Crippen molar-refractivity contribution >= 4 is 5.96 Å². The molecule has 0 amide bonds. The Hall–Kier alpha value is -0.850. The summed E-state index contributed by atoms with van der Waals surface area (Å²) in [7, 11) is 2.21. The quantitative estimate of drug-likeness (QED) is 0.356. The molecule has 0 aromatic rings. The van der Waals surface area contributed by atoms with Crippen molar-refractivity contribution < 1.29 is 4.74 Å². The minimum absolute atomic E-state index is 0.704. The zero-order valence-electron chi connectivity index (χ0n) is 16.3. The standard InChI is InChI=1S/C18H39N5O/c1-5-19-18(21-9-16-24-15-7-17(2)3)20-8-12-23-11-6-10-22(4)13-14-23/h17H,5-16H2,1-4H3,(H2,19,20,21). The van der Waals surface area contributed by atoms with Gasteiger partial charge in [0.05, 0.1) is 13.2 Å². The number of nitrogens with one attached hydrogen (secondary N) is 2. The number of hydrogen-bond acceptors (Lipinski definition) is 4. The van der Waals surface area contributed by atoms with E-state index in [1.165, 1.54) is 19.5 Å². The van der Waals surface area contributed by atoms with Crippen LogP contribution in [0.15, 0.2) is 4.99 Å². The van der Waals surface area contributed by atoms with Crippen molar-refractivity contribution in [2.24, 2.45) is 10.9 Å². The van der Waals surface area contributed by atoms with Crippen molar-refractivity contribution in [2.45, 2.75) is 33.6 Å². The van der Waals surface area contributed by atoms with Crippen molar-refractivity contribution in [3.63, 3.8) is 0 Å². The first kappa shape index (κ1) is 21.2. The van der Waals surface area contributed by atoms with Crippen molar-refractivity contribution in [2.75, 3.05) is 72.6 Å². The molecule has 0 bridgehead atoms. The Bertz CT molecular complexity index is 335. The molecule has 24 heavy (non-hydrogen) atoms. The van der Waals surface area contributed by atoms with Gasteiger partial charge in [0.15, 0.2) is 5.96 Å². The number of aliphatic imine (C=N–C) groups is 1. The maximum atomic E-state index is 5.64. The molecule has 0 aliphatic carbocycles. The summed E-state index contributed by atoms with van der Waals surface area (Å²) in [5, 5.41) is 6.66. The third-order valence-corrected chi connectivity index (χ3v) is 4.22. The lowest BCUT2D eigenvalue weighted by Gasteiger charge is -2.19. The fourth-order valence-corrected chi connectivity index (χ4v) is 2.63. The molecule has 142 valence electrons. The fraction of sp³-hybridized carbons (Fsp3) is 0.944. The minimum Gasteiger partial charge on any atom is -0.380 e. The van der Waals surface area contributed by atoms with Crippen LogP contribution in [-0.2, 0) is 4.74 Å². The summed E-state index contributed by atoms with van der Waals surface area (Å²) in [5.41, 5.74) is 0. The predicted octanol–water partition coefficient (Wildman–Crippen LogP) is 1.24. The smallest absolute Gasteiger partial charge is 0.191 e. The Morgan fingerprint density at radius 1 is 1.12 bits per heavy atom. The molecule has 0 radical (unpaired) electrons. The maximum absolute atomic E-state index is 5.64. The van der Waals surface area contributed by atoms with Crippen LogP contribution in [0.1, 0.15) is 33.6 Å². The molecular formula is C18H39N5O. The largest absolute Gasteiger partial charge is 0.380 e. The minimum atomic E-state index is 0.704. The number of ether oxygens (including phenoxy) is 1. The number of nitrogens with zero attached hydrogens (tertiary/aromatic N) is 3. The Morgan fingerprint density at radius 2 is 1.96 bits per heavy atom. The lowest BCUT2D eigenvalue weighted by Crippen LogP contribution is -2.39. The van der Waals surface area contributed by atoms with Gasteiger partial charge in [-0.15, -0.1) is 0 Å². The highest BCUT2D eigenvalue weighted by atomic mass is 16.5. The Kier molecular flexibility index (Phi) is 11.9. The van der Waals surface area contributed by atoms with Gasteiger partial charge >= 0.3 is 0 Å². The van der Waals surface area contributed by atoms with Gasteiger partial charge in [-0.3, -0.25) is 4.99 Å². The van der Waals surface area contributed by atoms with Crippen LogP contribution in [0.2, 0.25) is 0 Å². The monoisotopic (exact) mass is 341 g/mol. The van der Waals surface area contributed by atoms with E-state index in [-0.39, 0.29) is 0 Å². The molecular weight excluding hydrogens is 302 g/mol. The van der Waals surface area contributed by atoms with Crippen molar-refractivity contribution in [3.8, 4) is 0 Å². The molecule has 0 aromatic heterocycles. The molecule has 6 nitrogen and oxygen atoms in total. The maximum Gasteiger partial charge on any atom is 0.191 e. The second kappa shape index (κ2) is 13.4. The molecule has 0 saturated carbocycles. The molecule has 1 aliphatic rings. The van der Waals surface area contributed by atoms with Gasteiger partial charge in [0.1, 0.15) is 0 Å². The third-order valence-electron chi connectivity index (χ3n) is 4.22. The molecule has 1 fully saturated rings. The van der Waals surface area contributed by atoms with Gasteiger partial charge in [0, 0.05) is 39.3 Å². The van der Waals surface area contributed by atoms with Gasteiger partial charge in [-0.2, -0.15) is 0 Å². The lowest BCUT2D eigenvalue weighted by molar-refractivity contribution is 0.128. The first-order valence-electron chi connectivity index (χ1n) is 9.62. The van der Waals surface area contributed by atoms with Crippen molar-refractivity contribution in [1.29, 1.82) is 0 Å². The number of likely N-dealkylation sites (N-methyl/N-ethyl adjacent to an activating group) is 1. The van der Waals surface area contributed by atoms with Crippen LogP contribution in [-0.4, -0.2) is 88.4 Å². The topological polar surface area (TPSA) is 52.1 Å². The number of rotatable bonds is 10. The van der Waals surface area contributed by atoms with Crippen LogP contribution < -0.4 is 10.6 Å². The van der Waals surface area contributed by atoms with E-state index in [0.717, 1.165) is 64.9 Å². The molecule has 0 aromatic carbocycles. The van der Waals surface area contributed by atoms with E-state index in [2.05, 4.69) is 53.2 Å². The van der Waals surface area contributed by atoms with Gasteiger partial charge in [-0.25, -0.2) is 0 Å². The first-order chi connectivity index (χ1) is 11.6. The van der Waals surface area contributed by atoms with E-state index >= 15 is 0 Å². The van der Waals surface area contributed by atoms with Gasteiger partial charge in [0.2, 0.25) is 0 Å². The first-order valence-corrected chi connectivity index (χ1v) is 9.62.